The number of carbonyl (C=O) groups excluding carboxylic acids is 1. The maximum Gasteiger partial charge on any atom is 0.248 e. The van der Waals surface area contributed by atoms with Crippen LogP contribution in [0.5, 0.6) is 0 Å². The highest BCUT2D eigenvalue weighted by Gasteiger charge is 2.15. The molecule has 0 saturated heterocycles. The van der Waals surface area contributed by atoms with Crippen LogP contribution in [0.3, 0.4) is 0 Å². The molecule has 0 atom stereocenters. The molecule has 2 N–H and O–H groups in total. The van der Waals surface area contributed by atoms with Gasteiger partial charge >= 0.3 is 0 Å². The molecule has 0 saturated carbocycles. The van der Waals surface area contributed by atoms with Gasteiger partial charge in [0.2, 0.25) is 5.91 Å². The van der Waals surface area contributed by atoms with Crippen LogP contribution >= 0.6 is 0 Å². The van der Waals surface area contributed by atoms with Crippen molar-refractivity contribution in [3.05, 3.63) is 23.6 Å². The van der Waals surface area contributed by atoms with Gasteiger partial charge in [0, 0.05) is 5.57 Å². The molecule has 12 heavy (non-hydrogen) atoms. The average Bonchev–Trinajstić information content (AvgIpc) is 2.30. The second-order valence-electron chi connectivity index (χ2n) is 2.54. The molecule has 0 fully saturated rings. The second-order valence-corrected chi connectivity index (χ2v) is 2.54. The summed E-state index contributed by atoms with van der Waals surface area (Å²) in [5, 5.41) is 3.68. The lowest BCUT2D eigenvalue weighted by Crippen LogP contribution is -2.12. The molecule has 0 aromatic carbocycles. The molecular formula is C8H10N2O2. The van der Waals surface area contributed by atoms with Crippen LogP contribution in [0, 0.1) is 13.8 Å². The number of primary amides is 1. The van der Waals surface area contributed by atoms with Gasteiger partial charge in [-0.2, -0.15) is 0 Å². The van der Waals surface area contributed by atoms with E-state index in [4.69, 9.17) is 10.3 Å². The Bertz CT molecular complexity index is 319. The molecule has 1 heterocycles. The van der Waals surface area contributed by atoms with Crippen molar-refractivity contribution in [2.45, 2.75) is 13.8 Å². The number of carbonyl (C=O) groups is 1. The average molecular weight is 166 g/mol. The Hall–Kier alpha value is -1.58. The number of amides is 1. The predicted molar refractivity (Wildman–Crippen MR) is 44.2 cm³/mol. The number of hydrogen-bond donors (Lipinski definition) is 1. The van der Waals surface area contributed by atoms with E-state index in [0.29, 0.717) is 17.0 Å². The zero-order chi connectivity index (χ0) is 9.30. The third-order valence-electron chi connectivity index (χ3n) is 1.63. The van der Waals surface area contributed by atoms with Crippen LogP contribution in [0.4, 0.5) is 0 Å². The van der Waals surface area contributed by atoms with Gasteiger partial charge in [0.1, 0.15) is 5.76 Å². The van der Waals surface area contributed by atoms with Crippen molar-refractivity contribution in [1.29, 1.82) is 0 Å². The van der Waals surface area contributed by atoms with Gasteiger partial charge in [-0.15, -0.1) is 0 Å². The summed E-state index contributed by atoms with van der Waals surface area (Å²) in [5.41, 5.74) is 6.55. The lowest BCUT2D eigenvalue weighted by Gasteiger charge is -1.97. The van der Waals surface area contributed by atoms with E-state index in [1.165, 1.54) is 0 Å². The topological polar surface area (TPSA) is 69.1 Å². The maximum absolute atomic E-state index is 10.8. The fraction of sp³-hybridized carbons (Fsp3) is 0.250. The molecule has 0 aliphatic carbocycles. The van der Waals surface area contributed by atoms with Crippen LogP contribution < -0.4 is 5.73 Å². The molecule has 0 spiro atoms. The van der Waals surface area contributed by atoms with Gasteiger partial charge in [0.25, 0.3) is 0 Å². The first-order chi connectivity index (χ1) is 5.54. The van der Waals surface area contributed by atoms with Gasteiger partial charge in [-0.25, -0.2) is 0 Å². The summed E-state index contributed by atoms with van der Waals surface area (Å²) in [6.07, 6.45) is 0. The molecule has 1 amide bonds. The zero-order valence-corrected chi connectivity index (χ0v) is 7.05. The van der Waals surface area contributed by atoms with Crippen molar-refractivity contribution in [2.75, 3.05) is 0 Å². The second kappa shape index (κ2) is 2.81. The number of aryl methyl sites for hydroxylation is 2. The standard InChI is InChI=1S/C8H10N2O2/c1-4(8(9)11)7-5(2)10-12-6(7)3/h1H2,2-3H3,(H2,9,11). The molecule has 4 heteroatoms. The third kappa shape index (κ3) is 1.23. The Morgan fingerprint density at radius 3 is 2.50 bits per heavy atom. The van der Waals surface area contributed by atoms with E-state index < -0.39 is 5.91 Å². The molecule has 0 radical (unpaired) electrons. The number of rotatable bonds is 2. The fourth-order valence-corrected chi connectivity index (χ4v) is 1.04. The SMILES string of the molecule is C=C(C(N)=O)c1c(C)noc1C. The Kier molecular flexibility index (Phi) is 1.99. The maximum atomic E-state index is 10.8. The lowest BCUT2D eigenvalue weighted by molar-refractivity contribution is -0.112. The van der Waals surface area contributed by atoms with Crippen molar-refractivity contribution in [1.82, 2.24) is 5.16 Å². The minimum absolute atomic E-state index is 0.242. The highest BCUT2D eigenvalue weighted by molar-refractivity contribution is 6.18. The van der Waals surface area contributed by atoms with Gasteiger partial charge in [0.05, 0.1) is 11.3 Å². The van der Waals surface area contributed by atoms with E-state index in [-0.39, 0.29) is 5.57 Å². The number of nitrogens with zero attached hydrogens (tertiary/aromatic N) is 1. The van der Waals surface area contributed by atoms with Gasteiger partial charge in [-0.05, 0) is 13.8 Å². The van der Waals surface area contributed by atoms with Crippen LogP contribution in [0.1, 0.15) is 17.0 Å². The van der Waals surface area contributed by atoms with Gasteiger partial charge in [0.15, 0.2) is 0 Å². The summed E-state index contributed by atoms with van der Waals surface area (Å²) < 4.78 is 4.85. The monoisotopic (exact) mass is 166 g/mol. The van der Waals surface area contributed by atoms with Crippen molar-refractivity contribution in [2.24, 2.45) is 5.73 Å². The molecule has 1 rings (SSSR count). The molecule has 0 aliphatic rings. The minimum Gasteiger partial charge on any atom is -0.366 e. The van der Waals surface area contributed by atoms with Crippen LogP contribution in [-0.2, 0) is 4.79 Å². The van der Waals surface area contributed by atoms with Crippen LogP contribution in [0.2, 0.25) is 0 Å². The Morgan fingerprint density at radius 1 is 1.58 bits per heavy atom. The summed E-state index contributed by atoms with van der Waals surface area (Å²) in [5.74, 6) is 0.0145. The van der Waals surface area contributed by atoms with E-state index in [1.807, 2.05) is 0 Å². The fourth-order valence-electron chi connectivity index (χ4n) is 1.04. The van der Waals surface area contributed by atoms with E-state index in [1.54, 1.807) is 13.8 Å². The van der Waals surface area contributed by atoms with E-state index in [9.17, 15) is 4.79 Å². The Labute approximate surface area is 70.0 Å². The van der Waals surface area contributed by atoms with Crippen molar-refractivity contribution in [3.63, 3.8) is 0 Å². The highest BCUT2D eigenvalue weighted by atomic mass is 16.5. The van der Waals surface area contributed by atoms with Crippen molar-refractivity contribution < 1.29 is 9.32 Å². The first-order valence-corrected chi connectivity index (χ1v) is 3.46. The summed E-state index contributed by atoms with van der Waals surface area (Å²) >= 11 is 0. The van der Waals surface area contributed by atoms with Crippen molar-refractivity contribution >= 4 is 11.5 Å². The molecule has 1 aromatic heterocycles. The summed E-state index contributed by atoms with van der Waals surface area (Å²) in [6, 6.07) is 0. The highest BCUT2D eigenvalue weighted by Crippen LogP contribution is 2.20. The quantitative estimate of drug-likeness (QED) is 0.660. The first-order valence-electron chi connectivity index (χ1n) is 3.46. The predicted octanol–water partition coefficient (Wildman–Crippen LogP) is 0.790. The largest absolute Gasteiger partial charge is 0.366 e. The molecule has 4 nitrogen and oxygen atoms in total. The zero-order valence-electron chi connectivity index (χ0n) is 7.05. The van der Waals surface area contributed by atoms with Gasteiger partial charge < -0.3 is 10.3 Å². The number of hydrogen-bond acceptors (Lipinski definition) is 3. The van der Waals surface area contributed by atoms with E-state index in [0.717, 1.165) is 0 Å². The molecule has 0 bridgehead atoms. The molecule has 0 unspecified atom stereocenters. The van der Waals surface area contributed by atoms with Gasteiger partial charge in [-0.3, -0.25) is 4.79 Å². The van der Waals surface area contributed by atoms with Crippen molar-refractivity contribution in [3.8, 4) is 0 Å². The van der Waals surface area contributed by atoms with Crippen LogP contribution in [0.25, 0.3) is 5.57 Å². The number of aromatic nitrogens is 1. The Morgan fingerprint density at radius 2 is 2.17 bits per heavy atom. The first kappa shape index (κ1) is 8.52. The molecular weight excluding hydrogens is 156 g/mol. The summed E-state index contributed by atoms with van der Waals surface area (Å²) in [4.78, 5) is 10.8. The lowest BCUT2D eigenvalue weighted by atomic mass is 10.1. The summed E-state index contributed by atoms with van der Waals surface area (Å²) in [6.45, 7) is 6.99. The third-order valence-corrected chi connectivity index (χ3v) is 1.63. The molecule has 1 aromatic rings. The smallest absolute Gasteiger partial charge is 0.248 e. The summed E-state index contributed by atoms with van der Waals surface area (Å²) in [7, 11) is 0. The number of nitrogens with two attached hydrogens (primary N) is 1. The van der Waals surface area contributed by atoms with Crippen LogP contribution in [-0.4, -0.2) is 11.1 Å². The molecule has 0 aliphatic heterocycles. The Balaban J connectivity index is 3.18. The van der Waals surface area contributed by atoms with E-state index >= 15 is 0 Å². The van der Waals surface area contributed by atoms with E-state index in [2.05, 4.69) is 11.7 Å². The van der Waals surface area contributed by atoms with Crippen LogP contribution in [0.15, 0.2) is 11.1 Å². The minimum atomic E-state index is -0.551. The molecule has 64 valence electrons. The van der Waals surface area contributed by atoms with Gasteiger partial charge in [-0.1, -0.05) is 11.7 Å². The normalized spacial score (nSPS) is 9.83.